The van der Waals surface area contributed by atoms with Gasteiger partial charge in [-0.25, -0.2) is 0 Å². The van der Waals surface area contributed by atoms with Crippen LogP contribution in [0.25, 0.3) is 0 Å². The number of carbonyl (C=O) groups is 1. The van der Waals surface area contributed by atoms with E-state index in [1.165, 1.54) is 6.92 Å². The van der Waals surface area contributed by atoms with E-state index in [2.05, 4.69) is 43.6 Å². The van der Waals surface area contributed by atoms with Gasteiger partial charge in [-0.15, -0.1) is 11.8 Å². The Balaban J connectivity index is 0.000000514. The first-order valence-corrected chi connectivity index (χ1v) is 9.56. The van der Waals surface area contributed by atoms with E-state index in [9.17, 15) is 4.79 Å². The summed E-state index contributed by atoms with van der Waals surface area (Å²) in [5.41, 5.74) is 0. The molecule has 0 N–H and O–H groups in total. The highest BCUT2D eigenvalue weighted by atomic mass is 16.6. The van der Waals surface area contributed by atoms with Crippen LogP contribution in [0.1, 0.15) is 55.4 Å². The van der Waals surface area contributed by atoms with Gasteiger partial charge in [-0.1, -0.05) is 52.2 Å². The average molecular weight is 389 g/mol. The fourth-order valence-electron chi connectivity index (χ4n) is 2.82. The second kappa shape index (κ2) is 14.1. The van der Waals surface area contributed by atoms with Gasteiger partial charge in [-0.05, 0) is 32.4 Å². The molecule has 0 saturated carbocycles. The molecule has 0 aromatic carbocycles. The van der Waals surface area contributed by atoms with E-state index in [4.69, 9.17) is 14.2 Å². The van der Waals surface area contributed by atoms with Crippen molar-refractivity contribution in [2.75, 3.05) is 6.61 Å². The first-order valence-electron chi connectivity index (χ1n) is 9.56. The van der Waals surface area contributed by atoms with Crippen molar-refractivity contribution in [1.29, 1.82) is 0 Å². The molecule has 0 saturated heterocycles. The number of rotatable bonds is 3. The maximum absolute atomic E-state index is 10.7. The molecule has 2 heterocycles. The lowest BCUT2D eigenvalue weighted by molar-refractivity contribution is -0.147. The second-order valence-electron chi connectivity index (χ2n) is 6.68. The smallest absolute Gasteiger partial charge is 0.302 e. The molecule has 0 aromatic rings. The van der Waals surface area contributed by atoms with Crippen LogP contribution in [0.4, 0.5) is 0 Å². The van der Waals surface area contributed by atoms with Gasteiger partial charge in [-0.3, -0.25) is 4.79 Å². The molecular weight excluding hydrogens is 352 g/mol. The number of hydrogen-bond donors (Lipinski definition) is 0. The largest absolute Gasteiger partial charge is 0.463 e. The lowest BCUT2D eigenvalue weighted by atomic mass is 9.98. The van der Waals surface area contributed by atoms with E-state index in [0.717, 1.165) is 6.42 Å². The molecule has 4 heteroatoms. The predicted molar refractivity (Wildman–Crippen MR) is 114 cm³/mol. The van der Waals surface area contributed by atoms with E-state index < -0.39 is 0 Å². The lowest BCUT2D eigenvalue weighted by Gasteiger charge is -2.27. The van der Waals surface area contributed by atoms with Crippen molar-refractivity contribution >= 4 is 5.97 Å². The molecule has 0 unspecified atom stereocenters. The van der Waals surface area contributed by atoms with Gasteiger partial charge >= 0.3 is 5.97 Å². The summed E-state index contributed by atoms with van der Waals surface area (Å²) in [6, 6.07) is 0. The van der Waals surface area contributed by atoms with Crippen LogP contribution in [-0.2, 0) is 19.0 Å². The van der Waals surface area contributed by atoms with Crippen molar-refractivity contribution in [1.82, 2.24) is 0 Å². The zero-order valence-electron chi connectivity index (χ0n) is 17.3. The fraction of sp³-hybridized carbons (Fsp3) is 0.625. The van der Waals surface area contributed by atoms with Crippen molar-refractivity contribution in [3.63, 3.8) is 0 Å². The zero-order chi connectivity index (χ0) is 20.2. The summed E-state index contributed by atoms with van der Waals surface area (Å²) in [6.07, 6.45) is 9.40. The second-order valence-corrected chi connectivity index (χ2v) is 6.68. The van der Waals surface area contributed by atoms with Crippen LogP contribution in [0.15, 0.2) is 24.3 Å². The van der Waals surface area contributed by atoms with Crippen LogP contribution in [0.2, 0.25) is 0 Å². The Bertz CT molecular complexity index is 641. The number of ether oxygens (including phenoxy) is 3. The first kappa shape index (κ1) is 26.0. The van der Waals surface area contributed by atoms with Gasteiger partial charge in [0.2, 0.25) is 0 Å². The Morgan fingerprint density at radius 2 is 1.39 bits per heavy atom. The average Bonchev–Trinajstić information content (AvgIpc) is 2.64. The van der Waals surface area contributed by atoms with Crippen molar-refractivity contribution in [3.8, 4) is 23.7 Å². The zero-order valence-corrected chi connectivity index (χ0v) is 17.3. The van der Waals surface area contributed by atoms with E-state index >= 15 is 0 Å². The summed E-state index contributed by atoms with van der Waals surface area (Å²) < 4.78 is 16.3. The van der Waals surface area contributed by atoms with Crippen molar-refractivity contribution < 1.29 is 19.0 Å². The van der Waals surface area contributed by atoms with Gasteiger partial charge in [0.15, 0.2) is 0 Å². The van der Waals surface area contributed by atoms with Gasteiger partial charge in [0.1, 0.15) is 18.8 Å². The topological polar surface area (TPSA) is 44.8 Å². The molecule has 6 atom stereocenters. The third-order valence-electron chi connectivity index (χ3n) is 4.42. The van der Waals surface area contributed by atoms with Gasteiger partial charge in [0.05, 0.1) is 12.2 Å². The fourth-order valence-corrected chi connectivity index (χ4v) is 2.82. The summed E-state index contributed by atoms with van der Waals surface area (Å²) in [4.78, 5) is 10.7. The highest BCUT2D eigenvalue weighted by Crippen LogP contribution is 2.20. The molecule has 0 radical (unpaired) electrons. The minimum Gasteiger partial charge on any atom is -0.463 e. The Kier molecular flexibility index (Phi) is 13.0. The van der Waals surface area contributed by atoms with Crippen LogP contribution in [0.3, 0.4) is 0 Å². The Morgan fingerprint density at radius 1 is 0.929 bits per heavy atom. The molecule has 0 fully saturated rings. The van der Waals surface area contributed by atoms with E-state index in [0.29, 0.717) is 18.6 Å². The van der Waals surface area contributed by atoms with Crippen molar-refractivity contribution in [2.45, 2.75) is 79.8 Å². The number of esters is 1. The summed E-state index contributed by atoms with van der Waals surface area (Å²) in [6.45, 7) is 11.7. The molecule has 0 spiro atoms. The molecule has 2 rings (SSSR count). The van der Waals surface area contributed by atoms with E-state index in [-0.39, 0.29) is 37.6 Å². The molecule has 0 amide bonds. The molecule has 0 bridgehead atoms. The normalized spacial score (nSPS) is 30.2. The van der Waals surface area contributed by atoms with Crippen LogP contribution >= 0.6 is 0 Å². The van der Waals surface area contributed by atoms with Crippen LogP contribution < -0.4 is 0 Å². The SMILES string of the molecule is C.CC#C[C@@H]1C=C[C@H](C)[C@@H](CC)O1.CC#C[C@@H]1C=C[C@H](C)[C@@H](COC(C)=O)O1. The van der Waals surface area contributed by atoms with Crippen molar-refractivity contribution in [3.05, 3.63) is 24.3 Å². The van der Waals surface area contributed by atoms with Gasteiger partial charge in [0.25, 0.3) is 0 Å². The standard InChI is InChI=1S/C12H16O3.C11H16O.CH4/c1-4-5-11-7-6-9(2)12(15-11)8-14-10(3)13;1-4-6-10-8-7-9(3)11(5-2)12-10;/h6-7,9,11-12H,8H2,1-3H3;7-11H,5H2,1-3H3;1H4/t9-,11+,12+;9-,10+,11+;/m00./s1. The minimum atomic E-state index is -0.279. The number of hydrogen-bond acceptors (Lipinski definition) is 4. The maximum atomic E-state index is 10.7. The third kappa shape index (κ3) is 9.27. The lowest BCUT2D eigenvalue weighted by Crippen LogP contribution is -2.33. The van der Waals surface area contributed by atoms with Crippen molar-refractivity contribution in [2.24, 2.45) is 11.8 Å². The van der Waals surface area contributed by atoms with Crippen LogP contribution in [-0.4, -0.2) is 37.0 Å². The molecule has 0 aliphatic carbocycles. The first-order chi connectivity index (χ1) is 12.9. The Labute approximate surface area is 171 Å². The Morgan fingerprint density at radius 3 is 1.82 bits per heavy atom. The third-order valence-corrected chi connectivity index (χ3v) is 4.42. The molecule has 2 aliphatic rings. The Hall–Kier alpha value is -2.01. The molecule has 2 aliphatic heterocycles. The molecular formula is C24H36O4. The van der Waals surface area contributed by atoms with Gasteiger partial charge in [-0.2, -0.15) is 0 Å². The molecule has 0 aromatic heterocycles. The predicted octanol–water partition coefficient (Wildman–Crippen LogP) is 4.55. The maximum Gasteiger partial charge on any atom is 0.302 e. The summed E-state index contributed by atoms with van der Waals surface area (Å²) in [7, 11) is 0. The molecule has 4 nitrogen and oxygen atoms in total. The summed E-state index contributed by atoms with van der Waals surface area (Å²) in [5, 5.41) is 0. The minimum absolute atomic E-state index is 0. The highest BCUT2D eigenvalue weighted by Gasteiger charge is 2.24. The van der Waals surface area contributed by atoms with Crippen LogP contribution in [0.5, 0.6) is 0 Å². The summed E-state index contributed by atoms with van der Waals surface area (Å²) in [5.74, 6) is 12.1. The van der Waals surface area contributed by atoms with E-state index in [1.807, 2.05) is 32.1 Å². The van der Waals surface area contributed by atoms with Gasteiger partial charge in [0, 0.05) is 18.8 Å². The summed E-state index contributed by atoms with van der Waals surface area (Å²) >= 11 is 0. The molecule has 156 valence electrons. The van der Waals surface area contributed by atoms with Gasteiger partial charge < -0.3 is 14.2 Å². The van der Waals surface area contributed by atoms with Crippen LogP contribution in [0, 0.1) is 35.5 Å². The van der Waals surface area contributed by atoms with E-state index in [1.54, 1.807) is 6.92 Å². The molecule has 28 heavy (non-hydrogen) atoms. The quantitative estimate of drug-likeness (QED) is 0.404. The monoisotopic (exact) mass is 388 g/mol. The highest BCUT2D eigenvalue weighted by molar-refractivity contribution is 5.65. The number of carbonyl (C=O) groups excluding carboxylic acids is 1.